The molecular formula is C12H34O4. The Balaban J connectivity index is -0.000000101. The maximum Gasteiger partial charge on any atom is 0.146 e. The van der Waals surface area contributed by atoms with Crippen molar-refractivity contribution < 1.29 is 18.9 Å². The summed E-state index contributed by atoms with van der Waals surface area (Å²) >= 11 is 0. The van der Waals surface area contributed by atoms with Crippen molar-refractivity contribution in [3.8, 4) is 0 Å². The Bertz CT molecular complexity index is 89.1. The van der Waals surface area contributed by atoms with Gasteiger partial charge in [-0.2, -0.15) is 0 Å². The van der Waals surface area contributed by atoms with E-state index < -0.39 is 0 Å². The van der Waals surface area contributed by atoms with E-state index in [2.05, 4.69) is 0 Å². The highest BCUT2D eigenvalue weighted by atomic mass is 16.7. The van der Waals surface area contributed by atoms with Crippen molar-refractivity contribution in [3.63, 3.8) is 0 Å². The lowest BCUT2D eigenvalue weighted by Gasteiger charge is -2.12. The third kappa shape index (κ3) is 23.6. The fourth-order valence-electron chi connectivity index (χ4n) is 0.624. The molecule has 0 aliphatic carbocycles. The first-order chi connectivity index (χ1) is 5.81. The van der Waals surface area contributed by atoms with Gasteiger partial charge in [0.15, 0.2) is 0 Å². The molecule has 106 valence electrons. The Kier molecular flexibility index (Phi) is 44.9. The number of rotatable bonds is 8. The van der Waals surface area contributed by atoms with Gasteiger partial charge in [0.2, 0.25) is 0 Å². The lowest BCUT2D eigenvalue weighted by molar-refractivity contribution is -0.0924. The summed E-state index contributed by atoms with van der Waals surface area (Å²) in [5.74, 6) is 0. The molecule has 0 aromatic heterocycles. The molecule has 0 fully saturated rings. The number of methoxy groups -OCH3 is 2. The molecule has 4 heteroatoms. The van der Waals surface area contributed by atoms with Gasteiger partial charge in [-0.05, 0) is 6.92 Å². The maximum atomic E-state index is 5.23. The zero-order valence-corrected chi connectivity index (χ0v) is 8.04. The molecule has 0 amide bonds. The normalized spacial score (nSPS) is 9.94. The van der Waals surface area contributed by atoms with Gasteiger partial charge in [0.1, 0.15) is 6.79 Å². The predicted octanol–water partition coefficient (Wildman–Crippen LogP) is 3.20. The predicted molar refractivity (Wildman–Crippen MR) is 72.0 cm³/mol. The van der Waals surface area contributed by atoms with E-state index in [9.17, 15) is 0 Å². The highest BCUT2D eigenvalue weighted by molar-refractivity contribution is 4.44. The van der Waals surface area contributed by atoms with Crippen molar-refractivity contribution in [2.75, 3.05) is 40.8 Å². The molecule has 0 saturated carbocycles. The Labute approximate surface area is 103 Å². The molecular weight excluding hydrogens is 208 g/mol. The molecule has 0 heterocycles. The lowest BCUT2D eigenvalue weighted by atomic mass is 10.4. The van der Waals surface area contributed by atoms with Gasteiger partial charge < -0.3 is 18.9 Å². The standard InChI is InChI=1S/C8H18O4.4CH4/c1-8(12-7-10-3)6-11-5-4-9-2;;;;/h8H,4-7H2,1-3H3;4*1H4. The largest absolute Gasteiger partial charge is 0.382 e. The van der Waals surface area contributed by atoms with Crippen LogP contribution in [-0.4, -0.2) is 46.9 Å². The molecule has 0 rings (SSSR count). The minimum absolute atomic E-state index is 0. The first kappa shape index (κ1) is 29.7. The zero-order chi connectivity index (χ0) is 9.23. The van der Waals surface area contributed by atoms with Gasteiger partial charge in [0, 0.05) is 14.2 Å². The Morgan fingerprint density at radius 2 is 1.44 bits per heavy atom. The Hall–Kier alpha value is -0.160. The van der Waals surface area contributed by atoms with Crippen LogP contribution in [0.1, 0.15) is 36.6 Å². The van der Waals surface area contributed by atoms with E-state index in [0.29, 0.717) is 26.6 Å². The lowest BCUT2D eigenvalue weighted by Crippen LogP contribution is -2.18. The molecule has 0 aliphatic rings. The summed E-state index contributed by atoms with van der Waals surface area (Å²) in [5, 5.41) is 0. The van der Waals surface area contributed by atoms with Gasteiger partial charge in [0.25, 0.3) is 0 Å². The third-order valence-electron chi connectivity index (χ3n) is 1.25. The van der Waals surface area contributed by atoms with E-state index in [-0.39, 0.29) is 35.8 Å². The van der Waals surface area contributed by atoms with Crippen LogP contribution in [0.4, 0.5) is 0 Å². The van der Waals surface area contributed by atoms with Crippen molar-refractivity contribution in [2.45, 2.75) is 42.7 Å². The molecule has 4 nitrogen and oxygen atoms in total. The second kappa shape index (κ2) is 24.2. The first-order valence-electron chi connectivity index (χ1n) is 3.98. The van der Waals surface area contributed by atoms with Crippen LogP contribution < -0.4 is 0 Å². The second-order valence-electron chi connectivity index (χ2n) is 2.45. The van der Waals surface area contributed by atoms with Crippen molar-refractivity contribution in [2.24, 2.45) is 0 Å². The molecule has 1 atom stereocenters. The summed E-state index contributed by atoms with van der Waals surface area (Å²) < 4.78 is 20.0. The smallest absolute Gasteiger partial charge is 0.146 e. The highest BCUT2D eigenvalue weighted by Crippen LogP contribution is 1.91. The first-order valence-corrected chi connectivity index (χ1v) is 3.98. The van der Waals surface area contributed by atoms with E-state index >= 15 is 0 Å². The van der Waals surface area contributed by atoms with Gasteiger partial charge in [-0.1, -0.05) is 29.7 Å². The van der Waals surface area contributed by atoms with Crippen molar-refractivity contribution in [1.29, 1.82) is 0 Å². The molecule has 0 aromatic carbocycles. The van der Waals surface area contributed by atoms with E-state index in [1.54, 1.807) is 14.2 Å². The van der Waals surface area contributed by atoms with Gasteiger partial charge in [-0.25, -0.2) is 0 Å². The highest BCUT2D eigenvalue weighted by Gasteiger charge is 2.00. The summed E-state index contributed by atoms with van der Waals surface area (Å²) in [7, 11) is 3.24. The molecule has 0 N–H and O–H groups in total. The van der Waals surface area contributed by atoms with Crippen molar-refractivity contribution in [1.82, 2.24) is 0 Å². The summed E-state index contributed by atoms with van der Waals surface area (Å²) in [5.41, 5.74) is 0. The van der Waals surface area contributed by atoms with Gasteiger partial charge in [0.05, 0.1) is 25.9 Å². The van der Waals surface area contributed by atoms with Gasteiger partial charge in [-0.15, -0.1) is 0 Å². The molecule has 0 saturated heterocycles. The molecule has 16 heavy (non-hydrogen) atoms. The number of ether oxygens (including phenoxy) is 4. The quantitative estimate of drug-likeness (QED) is 0.484. The minimum atomic E-state index is 0. The van der Waals surface area contributed by atoms with E-state index in [1.165, 1.54) is 0 Å². The molecule has 0 bridgehead atoms. The zero-order valence-electron chi connectivity index (χ0n) is 8.04. The number of hydrogen-bond acceptors (Lipinski definition) is 4. The van der Waals surface area contributed by atoms with Crippen molar-refractivity contribution in [3.05, 3.63) is 0 Å². The molecule has 0 aliphatic heterocycles. The average Bonchev–Trinajstić information content (AvgIpc) is 2.09. The van der Waals surface area contributed by atoms with E-state index in [1.807, 2.05) is 6.92 Å². The fourth-order valence-corrected chi connectivity index (χ4v) is 0.624. The van der Waals surface area contributed by atoms with Crippen LogP contribution in [0.2, 0.25) is 0 Å². The second-order valence-corrected chi connectivity index (χ2v) is 2.45. The summed E-state index contributed by atoms with van der Waals surface area (Å²) in [6.07, 6.45) is 0.0711. The van der Waals surface area contributed by atoms with Crippen LogP contribution in [0.3, 0.4) is 0 Å². The van der Waals surface area contributed by atoms with E-state index in [4.69, 9.17) is 18.9 Å². The molecule has 0 radical (unpaired) electrons. The average molecular weight is 242 g/mol. The monoisotopic (exact) mass is 242 g/mol. The maximum absolute atomic E-state index is 5.23. The third-order valence-corrected chi connectivity index (χ3v) is 1.25. The summed E-state index contributed by atoms with van der Waals surface area (Å²) in [6, 6.07) is 0. The Morgan fingerprint density at radius 1 is 0.875 bits per heavy atom. The van der Waals surface area contributed by atoms with Crippen LogP contribution in [0.25, 0.3) is 0 Å². The molecule has 0 spiro atoms. The van der Waals surface area contributed by atoms with Gasteiger partial charge in [-0.3, -0.25) is 0 Å². The summed E-state index contributed by atoms with van der Waals surface area (Å²) in [6.45, 7) is 4.06. The SMILES string of the molecule is C.C.C.C.COCCOCC(C)OCOC. The van der Waals surface area contributed by atoms with Crippen molar-refractivity contribution >= 4 is 0 Å². The fraction of sp³-hybridized carbons (Fsp3) is 1.00. The van der Waals surface area contributed by atoms with Crippen LogP contribution in [0, 0.1) is 0 Å². The topological polar surface area (TPSA) is 36.9 Å². The van der Waals surface area contributed by atoms with Crippen LogP contribution >= 0.6 is 0 Å². The molecule has 0 aromatic rings. The van der Waals surface area contributed by atoms with Crippen LogP contribution in [0.15, 0.2) is 0 Å². The number of hydrogen-bond donors (Lipinski definition) is 0. The van der Waals surface area contributed by atoms with Gasteiger partial charge >= 0.3 is 0 Å². The molecule has 1 unspecified atom stereocenters. The Morgan fingerprint density at radius 3 is 1.88 bits per heavy atom. The van der Waals surface area contributed by atoms with Crippen LogP contribution in [-0.2, 0) is 18.9 Å². The minimum Gasteiger partial charge on any atom is -0.382 e. The summed E-state index contributed by atoms with van der Waals surface area (Å²) in [4.78, 5) is 0. The van der Waals surface area contributed by atoms with E-state index in [0.717, 1.165) is 0 Å². The van der Waals surface area contributed by atoms with Crippen LogP contribution in [0.5, 0.6) is 0 Å².